The van der Waals surface area contributed by atoms with Gasteiger partial charge < -0.3 is 24.8 Å². The minimum absolute atomic E-state index is 0.425. The molecule has 0 spiro atoms. The van der Waals surface area contributed by atoms with Crippen molar-refractivity contribution < 1.29 is 14.6 Å². The summed E-state index contributed by atoms with van der Waals surface area (Å²) in [4.78, 5) is 3.21. The van der Waals surface area contributed by atoms with Gasteiger partial charge >= 0.3 is 0 Å². The van der Waals surface area contributed by atoms with Crippen molar-refractivity contribution in [3.63, 3.8) is 0 Å². The first-order valence-corrected chi connectivity index (χ1v) is 10.2. The fourth-order valence-electron chi connectivity index (χ4n) is 3.19. The number of aliphatic hydroxyl groups excluding tert-OH is 1. The van der Waals surface area contributed by atoms with Crippen LogP contribution < -0.4 is 14.8 Å². The first kappa shape index (κ1) is 19.8. The summed E-state index contributed by atoms with van der Waals surface area (Å²) in [5.41, 5.74) is 1.70. The number of hydrogen-bond acceptors (Lipinski definition) is 5. The molecule has 3 rings (SSSR count). The molecule has 7 heteroatoms. The fraction of sp³-hybridized carbons (Fsp3) is 0.350. The van der Waals surface area contributed by atoms with E-state index in [0.717, 1.165) is 29.2 Å². The highest BCUT2D eigenvalue weighted by Gasteiger charge is 2.30. The standard InChI is InChI=1S/C20H24N2O3S2/c1-24-17-8-9-18(25-2)19-15(17)12-22(13-16(19)23)20(26)21-10-11-27-14-6-4-3-5-7-14/h3-9,16,23H,10-13H2,1-2H3,(H,21,26)/t16-/m0/s1. The van der Waals surface area contributed by atoms with E-state index >= 15 is 0 Å². The molecule has 1 atom stereocenters. The largest absolute Gasteiger partial charge is 0.496 e. The van der Waals surface area contributed by atoms with Crippen LogP contribution in [0.1, 0.15) is 17.2 Å². The summed E-state index contributed by atoms with van der Waals surface area (Å²) < 4.78 is 10.9. The molecule has 27 heavy (non-hydrogen) atoms. The SMILES string of the molecule is COc1ccc(OC)c2c1CN(C(=S)NCCSc1ccccc1)C[C@@H]2O. The van der Waals surface area contributed by atoms with Crippen molar-refractivity contribution in [2.75, 3.05) is 33.1 Å². The van der Waals surface area contributed by atoms with Crippen LogP contribution in [0.4, 0.5) is 0 Å². The van der Waals surface area contributed by atoms with Gasteiger partial charge in [-0.05, 0) is 36.5 Å². The zero-order valence-corrected chi connectivity index (χ0v) is 17.1. The molecule has 144 valence electrons. The van der Waals surface area contributed by atoms with Gasteiger partial charge in [0.1, 0.15) is 17.6 Å². The number of benzene rings is 2. The summed E-state index contributed by atoms with van der Waals surface area (Å²) in [6.45, 7) is 1.76. The van der Waals surface area contributed by atoms with E-state index in [9.17, 15) is 5.11 Å². The van der Waals surface area contributed by atoms with Crippen molar-refractivity contribution >= 4 is 29.1 Å². The van der Waals surface area contributed by atoms with Crippen LogP contribution in [0.3, 0.4) is 0 Å². The van der Waals surface area contributed by atoms with Gasteiger partial charge in [-0.2, -0.15) is 0 Å². The van der Waals surface area contributed by atoms with Gasteiger partial charge in [0.2, 0.25) is 0 Å². The molecule has 0 aliphatic carbocycles. The molecule has 0 radical (unpaired) electrons. The van der Waals surface area contributed by atoms with Gasteiger partial charge in [0, 0.05) is 34.9 Å². The smallest absolute Gasteiger partial charge is 0.169 e. The van der Waals surface area contributed by atoms with E-state index in [4.69, 9.17) is 21.7 Å². The monoisotopic (exact) mass is 404 g/mol. The number of methoxy groups -OCH3 is 2. The first-order valence-electron chi connectivity index (χ1n) is 8.76. The molecule has 1 aliphatic heterocycles. The summed E-state index contributed by atoms with van der Waals surface area (Å²) in [6, 6.07) is 14.0. The van der Waals surface area contributed by atoms with Crippen molar-refractivity contribution in [3.8, 4) is 11.5 Å². The number of aliphatic hydroxyl groups is 1. The van der Waals surface area contributed by atoms with Gasteiger partial charge in [0.25, 0.3) is 0 Å². The molecule has 1 aliphatic rings. The molecule has 5 nitrogen and oxygen atoms in total. The molecular formula is C20H24N2O3S2. The van der Waals surface area contributed by atoms with E-state index in [1.54, 1.807) is 26.0 Å². The number of ether oxygens (including phenoxy) is 2. The predicted molar refractivity (Wildman–Crippen MR) is 113 cm³/mol. The molecule has 1 heterocycles. The van der Waals surface area contributed by atoms with Crippen LogP contribution in [0.25, 0.3) is 0 Å². The van der Waals surface area contributed by atoms with E-state index in [0.29, 0.717) is 24.0 Å². The zero-order valence-electron chi connectivity index (χ0n) is 15.5. The summed E-state index contributed by atoms with van der Waals surface area (Å²) >= 11 is 7.33. The van der Waals surface area contributed by atoms with Crippen molar-refractivity contribution in [1.29, 1.82) is 0 Å². The number of hydrogen-bond donors (Lipinski definition) is 2. The van der Waals surface area contributed by atoms with Crippen LogP contribution in [-0.2, 0) is 6.54 Å². The molecule has 0 amide bonds. The lowest BCUT2D eigenvalue weighted by atomic mass is 9.95. The fourth-order valence-corrected chi connectivity index (χ4v) is 4.22. The molecule has 2 aromatic rings. The maximum Gasteiger partial charge on any atom is 0.169 e. The second-order valence-electron chi connectivity index (χ2n) is 6.15. The maximum atomic E-state index is 10.7. The van der Waals surface area contributed by atoms with Crippen molar-refractivity contribution in [2.24, 2.45) is 0 Å². The Labute approximate surface area is 169 Å². The minimum atomic E-state index is -0.683. The lowest BCUT2D eigenvalue weighted by Crippen LogP contribution is -2.44. The number of thiocarbonyl (C=S) groups is 1. The van der Waals surface area contributed by atoms with Crippen LogP contribution in [0.5, 0.6) is 11.5 Å². The number of nitrogens with one attached hydrogen (secondary N) is 1. The summed E-state index contributed by atoms with van der Waals surface area (Å²) in [6.07, 6.45) is -0.683. The van der Waals surface area contributed by atoms with Crippen molar-refractivity contribution in [1.82, 2.24) is 10.2 Å². The number of rotatable bonds is 6. The molecule has 0 fully saturated rings. The lowest BCUT2D eigenvalue weighted by Gasteiger charge is -2.35. The normalized spacial score (nSPS) is 15.8. The van der Waals surface area contributed by atoms with E-state index in [-0.39, 0.29) is 0 Å². The highest BCUT2D eigenvalue weighted by molar-refractivity contribution is 7.99. The number of thioether (sulfide) groups is 1. The summed E-state index contributed by atoms with van der Waals surface area (Å²) in [5.74, 6) is 2.32. The molecule has 2 aromatic carbocycles. The Hall–Kier alpha value is -1.96. The van der Waals surface area contributed by atoms with Crippen LogP contribution >= 0.6 is 24.0 Å². The van der Waals surface area contributed by atoms with Gasteiger partial charge in [-0.25, -0.2) is 0 Å². The number of nitrogens with zero attached hydrogens (tertiary/aromatic N) is 1. The van der Waals surface area contributed by atoms with Gasteiger partial charge in [-0.3, -0.25) is 0 Å². The Morgan fingerprint density at radius 3 is 2.59 bits per heavy atom. The topological polar surface area (TPSA) is 54.0 Å². The Morgan fingerprint density at radius 2 is 1.89 bits per heavy atom. The van der Waals surface area contributed by atoms with Gasteiger partial charge in [0.05, 0.1) is 20.8 Å². The number of β-amino-alcohol motifs (C(OH)–C–C–N with tert-alkyl or cyclic N) is 1. The van der Waals surface area contributed by atoms with Gasteiger partial charge in [-0.1, -0.05) is 18.2 Å². The highest BCUT2D eigenvalue weighted by Crippen LogP contribution is 2.39. The Balaban J connectivity index is 1.61. The molecule has 0 aromatic heterocycles. The van der Waals surface area contributed by atoms with Gasteiger partial charge in [0.15, 0.2) is 5.11 Å². The van der Waals surface area contributed by atoms with E-state index in [1.807, 2.05) is 35.2 Å². The van der Waals surface area contributed by atoms with Crippen LogP contribution in [-0.4, -0.2) is 48.2 Å². The quantitative estimate of drug-likeness (QED) is 0.436. The van der Waals surface area contributed by atoms with Crippen LogP contribution in [0.15, 0.2) is 47.4 Å². The third-order valence-electron chi connectivity index (χ3n) is 4.47. The third-order valence-corrected chi connectivity index (χ3v) is 5.88. The summed E-state index contributed by atoms with van der Waals surface area (Å²) in [5, 5.41) is 14.6. The Bertz CT molecular complexity index is 786. The van der Waals surface area contributed by atoms with Crippen molar-refractivity contribution in [3.05, 3.63) is 53.6 Å². The Morgan fingerprint density at radius 1 is 1.19 bits per heavy atom. The average Bonchev–Trinajstić information content (AvgIpc) is 2.70. The maximum absolute atomic E-state index is 10.7. The number of fused-ring (bicyclic) bond motifs is 1. The molecule has 0 unspecified atom stereocenters. The first-order chi connectivity index (χ1) is 13.1. The molecule has 0 saturated heterocycles. The van der Waals surface area contributed by atoms with Crippen LogP contribution in [0.2, 0.25) is 0 Å². The second kappa shape index (κ2) is 9.30. The lowest BCUT2D eigenvalue weighted by molar-refractivity contribution is 0.122. The molecular weight excluding hydrogens is 380 g/mol. The molecule has 0 saturated carbocycles. The van der Waals surface area contributed by atoms with Gasteiger partial charge in [-0.15, -0.1) is 11.8 Å². The van der Waals surface area contributed by atoms with E-state index < -0.39 is 6.10 Å². The Kier molecular flexibility index (Phi) is 6.82. The van der Waals surface area contributed by atoms with E-state index in [1.165, 1.54) is 4.90 Å². The van der Waals surface area contributed by atoms with Crippen LogP contribution in [0, 0.1) is 0 Å². The second-order valence-corrected chi connectivity index (χ2v) is 7.71. The third kappa shape index (κ3) is 4.66. The average molecular weight is 405 g/mol. The molecule has 0 bridgehead atoms. The molecule has 2 N–H and O–H groups in total. The minimum Gasteiger partial charge on any atom is -0.496 e. The zero-order chi connectivity index (χ0) is 19.2. The van der Waals surface area contributed by atoms with E-state index in [2.05, 4.69) is 17.4 Å². The highest BCUT2D eigenvalue weighted by atomic mass is 32.2. The van der Waals surface area contributed by atoms with Crippen molar-refractivity contribution in [2.45, 2.75) is 17.5 Å². The summed E-state index contributed by atoms with van der Waals surface area (Å²) in [7, 11) is 3.24. The predicted octanol–water partition coefficient (Wildman–Crippen LogP) is 3.22.